The molecule has 1 aromatic rings. The second-order valence-electron chi connectivity index (χ2n) is 8.73. The Balaban J connectivity index is 2.28. The van der Waals surface area contributed by atoms with Crippen molar-refractivity contribution in [2.75, 3.05) is 6.54 Å². The van der Waals surface area contributed by atoms with E-state index in [-0.39, 0.29) is 38.0 Å². The largest absolute Gasteiger partial charge is 0.508 e. The van der Waals surface area contributed by atoms with Crippen molar-refractivity contribution >= 4 is 35.6 Å². The second-order valence-corrected chi connectivity index (χ2v) is 8.73. The van der Waals surface area contributed by atoms with Crippen LogP contribution in [-0.2, 0) is 35.2 Å². The van der Waals surface area contributed by atoms with Crippen LogP contribution in [0.3, 0.4) is 0 Å². The summed E-state index contributed by atoms with van der Waals surface area (Å²) in [5.74, 6) is -5.79. The SMILES string of the molecule is NC(=O)CCC(NC(=O)C(N)CC(=O)O)C(=O)NC(Cc1ccc(O)cc1)C(=O)N1CCCC1C(=O)O. The van der Waals surface area contributed by atoms with Crippen LogP contribution in [0, 0.1) is 0 Å². The molecular weight excluding hydrogens is 490 g/mol. The average Bonchev–Trinajstić information content (AvgIpc) is 3.31. The molecule has 14 nitrogen and oxygen atoms in total. The van der Waals surface area contributed by atoms with Crippen LogP contribution in [-0.4, -0.2) is 86.5 Å². The molecular formula is C23H31N5O9. The molecule has 4 amide bonds. The third kappa shape index (κ3) is 8.75. The lowest BCUT2D eigenvalue weighted by atomic mass is 10.0. The highest BCUT2D eigenvalue weighted by Crippen LogP contribution is 2.20. The molecule has 1 heterocycles. The number of nitrogens with zero attached hydrogens (tertiary/aromatic N) is 1. The van der Waals surface area contributed by atoms with Crippen LogP contribution < -0.4 is 22.1 Å². The average molecular weight is 522 g/mol. The number of carbonyl (C=O) groups excluding carboxylic acids is 4. The van der Waals surface area contributed by atoms with E-state index in [0.717, 1.165) is 4.90 Å². The Bertz CT molecular complexity index is 1030. The molecule has 1 aliphatic rings. The summed E-state index contributed by atoms with van der Waals surface area (Å²) < 4.78 is 0. The number of amides is 4. The molecule has 37 heavy (non-hydrogen) atoms. The molecule has 0 bridgehead atoms. The van der Waals surface area contributed by atoms with E-state index in [1.54, 1.807) is 0 Å². The van der Waals surface area contributed by atoms with Crippen molar-refractivity contribution in [1.82, 2.24) is 15.5 Å². The van der Waals surface area contributed by atoms with Gasteiger partial charge in [0.2, 0.25) is 23.6 Å². The van der Waals surface area contributed by atoms with Crippen molar-refractivity contribution in [3.8, 4) is 5.75 Å². The summed E-state index contributed by atoms with van der Waals surface area (Å²) in [5.41, 5.74) is 11.3. The van der Waals surface area contributed by atoms with Gasteiger partial charge in [-0.3, -0.25) is 24.0 Å². The zero-order valence-electron chi connectivity index (χ0n) is 20.0. The van der Waals surface area contributed by atoms with Crippen molar-refractivity contribution in [3.05, 3.63) is 29.8 Å². The molecule has 2 rings (SSSR count). The number of carbonyl (C=O) groups is 6. The maximum atomic E-state index is 13.4. The molecule has 1 fully saturated rings. The number of nitrogens with two attached hydrogens (primary N) is 2. The van der Waals surface area contributed by atoms with Crippen LogP contribution in [0.25, 0.3) is 0 Å². The van der Waals surface area contributed by atoms with Gasteiger partial charge in [0, 0.05) is 19.4 Å². The van der Waals surface area contributed by atoms with Gasteiger partial charge in [-0.25, -0.2) is 4.79 Å². The number of aromatic hydroxyl groups is 1. The fourth-order valence-electron chi connectivity index (χ4n) is 3.94. The predicted octanol–water partition coefficient (Wildman–Crippen LogP) is -1.95. The van der Waals surface area contributed by atoms with Gasteiger partial charge in [-0.15, -0.1) is 0 Å². The third-order valence-electron chi connectivity index (χ3n) is 5.86. The zero-order valence-corrected chi connectivity index (χ0v) is 20.0. The lowest BCUT2D eigenvalue weighted by Crippen LogP contribution is -2.57. The minimum Gasteiger partial charge on any atom is -0.508 e. The van der Waals surface area contributed by atoms with Crippen LogP contribution in [0.15, 0.2) is 24.3 Å². The molecule has 4 unspecified atom stereocenters. The summed E-state index contributed by atoms with van der Waals surface area (Å²) in [7, 11) is 0. The normalized spacial score (nSPS) is 17.3. The lowest BCUT2D eigenvalue weighted by molar-refractivity contribution is -0.149. The fourth-order valence-corrected chi connectivity index (χ4v) is 3.94. The summed E-state index contributed by atoms with van der Waals surface area (Å²) in [6.45, 7) is 0.170. The first-order chi connectivity index (χ1) is 17.4. The van der Waals surface area contributed by atoms with Gasteiger partial charge in [-0.2, -0.15) is 0 Å². The number of rotatable bonds is 13. The van der Waals surface area contributed by atoms with Gasteiger partial charge in [0.05, 0.1) is 12.5 Å². The highest BCUT2D eigenvalue weighted by molar-refractivity contribution is 5.95. The third-order valence-corrected chi connectivity index (χ3v) is 5.86. The first-order valence-electron chi connectivity index (χ1n) is 11.6. The molecule has 1 aromatic carbocycles. The number of phenolic OH excluding ortho intramolecular Hbond substituents is 1. The summed E-state index contributed by atoms with van der Waals surface area (Å²) in [5, 5.41) is 32.7. The number of likely N-dealkylation sites (tertiary alicyclic amines) is 1. The smallest absolute Gasteiger partial charge is 0.326 e. The first-order valence-corrected chi connectivity index (χ1v) is 11.6. The van der Waals surface area contributed by atoms with Crippen molar-refractivity contribution in [2.45, 2.75) is 62.7 Å². The van der Waals surface area contributed by atoms with Crippen LogP contribution in [0.1, 0.15) is 37.7 Å². The number of hydrogen-bond acceptors (Lipinski definition) is 8. The summed E-state index contributed by atoms with van der Waals surface area (Å²) in [6, 6.07) is 0.641. The molecule has 1 saturated heterocycles. The minimum absolute atomic E-state index is 0.0203. The van der Waals surface area contributed by atoms with Crippen molar-refractivity contribution in [1.29, 1.82) is 0 Å². The Kier molecular flexibility index (Phi) is 10.4. The molecule has 0 spiro atoms. The van der Waals surface area contributed by atoms with Gasteiger partial charge in [-0.1, -0.05) is 12.1 Å². The predicted molar refractivity (Wildman–Crippen MR) is 127 cm³/mol. The first kappa shape index (κ1) is 29.0. The van der Waals surface area contributed by atoms with E-state index in [9.17, 15) is 39.0 Å². The molecule has 202 valence electrons. The van der Waals surface area contributed by atoms with Crippen molar-refractivity contribution < 1.29 is 44.1 Å². The molecule has 0 aromatic heterocycles. The number of aliphatic carboxylic acids is 2. The van der Waals surface area contributed by atoms with E-state index in [1.165, 1.54) is 24.3 Å². The van der Waals surface area contributed by atoms with Crippen LogP contribution in [0.2, 0.25) is 0 Å². The minimum atomic E-state index is -1.48. The van der Waals surface area contributed by atoms with E-state index in [0.29, 0.717) is 12.0 Å². The quantitative estimate of drug-likeness (QED) is 0.151. The van der Waals surface area contributed by atoms with Gasteiger partial charge in [0.1, 0.15) is 23.9 Å². The standard InChI is InChI=1S/C23H31N5O9/c24-14(11-19(31)32)20(33)26-15(7-8-18(25)30)21(34)27-16(10-12-3-5-13(29)6-4-12)22(35)28-9-1-2-17(28)23(36)37/h3-6,14-17,29H,1-2,7-11,24H2,(H2,25,30)(H,26,33)(H,27,34)(H,31,32)(H,36,37). The number of primary amides is 1. The van der Waals surface area contributed by atoms with Crippen LogP contribution in [0.5, 0.6) is 5.75 Å². The van der Waals surface area contributed by atoms with Gasteiger partial charge >= 0.3 is 11.9 Å². The number of benzene rings is 1. The Morgan fingerprint density at radius 1 is 1.00 bits per heavy atom. The zero-order chi connectivity index (χ0) is 27.7. The highest BCUT2D eigenvalue weighted by atomic mass is 16.4. The Hall–Kier alpha value is -4.20. The Labute approximate surface area is 212 Å². The summed E-state index contributed by atoms with van der Waals surface area (Å²) in [4.78, 5) is 73.8. The van der Waals surface area contributed by atoms with E-state index in [2.05, 4.69) is 10.6 Å². The van der Waals surface area contributed by atoms with Gasteiger partial charge in [0.25, 0.3) is 0 Å². The molecule has 9 N–H and O–H groups in total. The van der Waals surface area contributed by atoms with E-state index in [4.69, 9.17) is 16.6 Å². The van der Waals surface area contributed by atoms with Crippen molar-refractivity contribution in [2.24, 2.45) is 11.5 Å². The van der Waals surface area contributed by atoms with Gasteiger partial charge in [0.15, 0.2) is 0 Å². The maximum absolute atomic E-state index is 13.4. The number of carboxylic acids is 2. The number of hydrogen-bond donors (Lipinski definition) is 7. The molecule has 0 radical (unpaired) electrons. The fraction of sp³-hybridized carbons (Fsp3) is 0.478. The summed E-state index contributed by atoms with van der Waals surface area (Å²) >= 11 is 0. The summed E-state index contributed by atoms with van der Waals surface area (Å²) in [6.07, 6.45) is -0.627. The van der Waals surface area contributed by atoms with Crippen molar-refractivity contribution in [3.63, 3.8) is 0 Å². The van der Waals surface area contributed by atoms with Gasteiger partial charge in [-0.05, 0) is 37.0 Å². The monoisotopic (exact) mass is 521 g/mol. The van der Waals surface area contributed by atoms with Crippen LogP contribution in [0.4, 0.5) is 0 Å². The van der Waals surface area contributed by atoms with E-state index >= 15 is 0 Å². The molecule has 4 atom stereocenters. The lowest BCUT2D eigenvalue weighted by Gasteiger charge is -2.29. The topological polar surface area (TPSA) is 242 Å². The molecule has 14 heteroatoms. The maximum Gasteiger partial charge on any atom is 0.326 e. The Morgan fingerprint density at radius 2 is 1.62 bits per heavy atom. The van der Waals surface area contributed by atoms with Crippen LogP contribution >= 0.6 is 0 Å². The number of phenols is 1. The number of nitrogens with one attached hydrogen (secondary N) is 2. The Morgan fingerprint density at radius 3 is 2.19 bits per heavy atom. The number of carboxylic acid groups (broad SMARTS) is 2. The van der Waals surface area contributed by atoms with E-state index < -0.39 is 66.2 Å². The molecule has 0 aliphatic carbocycles. The van der Waals surface area contributed by atoms with E-state index in [1.807, 2.05) is 0 Å². The molecule has 1 aliphatic heterocycles. The van der Waals surface area contributed by atoms with Gasteiger partial charge < -0.3 is 42.3 Å². The second kappa shape index (κ2) is 13.2. The highest BCUT2D eigenvalue weighted by Gasteiger charge is 2.38. The molecule has 0 saturated carbocycles.